The van der Waals surface area contributed by atoms with Gasteiger partial charge in [-0.3, -0.25) is 9.59 Å². The molecule has 1 aromatic rings. The number of hydrogen-bond donors (Lipinski definition) is 1. The van der Waals surface area contributed by atoms with E-state index in [2.05, 4.69) is 5.32 Å². The summed E-state index contributed by atoms with van der Waals surface area (Å²) in [6.45, 7) is 3.45. The van der Waals surface area contributed by atoms with Crippen LogP contribution in [-0.2, 0) is 14.3 Å². The van der Waals surface area contributed by atoms with Crippen LogP contribution in [0.1, 0.15) is 49.4 Å². The summed E-state index contributed by atoms with van der Waals surface area (Å²) in [6.07, 6.45) is 4.26. The van der Waals surface area contributed by atoms with Gasteiger partial charge >= 0.3 is 5.97 Å². The van der Waals surface area contributed by atoms with E-state index in [9.17, 15) is 14.4 Å². The summed E-state index contributed by atoms with van der Waals surface area (Å²) in [5.41, 5.74) is -0.262. The second-order valence-corrected chi connectivity index (χ2v) is 6.66. The number of ether oxygens (including phenoxy) is 1. The zero-order valence-electron chi connectivity index (χ0n) is 14.5. The zero-order valence-corrected chi connectivity index (χ0v) is 14.5. The van der Waals surface area contributed by atoms with Crippen molar-refractivity contribution in [2.45, 2.75) is 39.0 Å². The maximum atomic E-state index is 12.8. The molecule has 1 aliphatic heterocycles. The number of benzene rings is 1. The number of anilines is 1. The Kier molecular flexibility index (Phi) is 5.06. The smallest absolute Gasteiger partial charge is 0.340 e. The molecule has 0 atom stereocenters. The molecular weight excluding hydrogens is 320 g/mol. The minimum atomic E-state index is -0.959. The molecule has 1 saturated heterocycles. The van der Waals surface area contributed by atoms with Crippen molar-refractivity contribution in [3.63, 3.8) is 0 Å². The molecule has 1 aromatic carbocycles. The van der Waals surface area contributed by atoms with Crippen LogP contribution in [0.2, 0.25) is 0 Å². The van der Waals surface area contributed by atoms with Crippen molar-refractivity contribution in [3.05, 3.63) is 29.8 Å². The van der Waals surface area contributed by atoms with E-state index >= 15 is 0 Å². The first-order valence-electron chi connectivity index (χ1n) is 8.95. The molecule has 0 unspecified atom stereocenters. The third kappa shape index (κ3) is 3.52. The van der Waals surface area contributed by atoms with E-state index in [1.54, 1.807) is 31.2 Å². The molecule has 25 heavy (non-hydrogen) atoms. The monoisotopic (exact) mass is 344 g/mol. The summed E-state index contributed by atoms with van der Waals surface area (Å²) in [6, 6.07) is 6.73. The maximum absolute atomic E-state index is 12.8. The van der Waals surface area contributed by atoms with Crippen molar-refractivity contribution < 1.29 is 19.1 Å². The highest BCUT2D eigenvalue weighted by Crippen LogP contribution is 2.48. The van der Waals surface area contributed by atoms with Crippen LogP contribution in [0.3, 0.4) is 0 Å². The summed E-state index contributed by atoms with van der Waals surface area (Å²) in [5.74, 6) is -0.872. The van der Waals surface area contributed by atoms with Gasteiger partial charge in [-0.1, -0.05) is 12.1 Å². The minimum Gasteiger partial charge on any atom is -0.462 e. The van der Waals surface area contributed by atoms with E-state index in [4.69, 9.17) is 4.74 Å². The van der Waals surface area contributed by atoms with Crippen LogP contribution in [0.15, 0.2) is 24.3 Å². The fourth-order valence-electron chi connectivity index (χ4n) is 3.28. The normalized spacial score (nSPS) is 18.4. The predicted octanol–water partition coefficient (Wildman–Crippen LogP) is 2.59. The van der Waals surface area contributed by atoms with Crippen LogP contribution < -0.4 is 5.32 Å². The third-order valence-corrected chi connectivity index (χ3v) is 4.91. The molecule has 0 bridgehead atoms. The van der Waals surface area contributed by atoms with Crippen molar-refractivity contribution >= 4 is 23.5 Å². The lowest BCUT2D eigenvalue weighted by Gasteiger charge is -2.30. The van der Waals surface area contributed by atoms with Gasteiger partial charge in [0.2, 0.25) is 11.8 Å². The van der Waals surface area contributed by atoms with Gasteiger partial charge in [-0.05, 0) is 51.2 Å². The Morgan fingerprint density at radius 1 is 1.12 bits per heavy atom. The number of nitrogens with zero attached hydrogens (tertiary/aromatic N) is 1. The molecule has 1 aliphatic carbocycles. The molecule has 2 aliphatic rings. The van der Waals surface area contributed by atoms with Crippen molar-refractivity contribution in [3.8, 4) is 0 Å². The molecule has 2 amide bonds. The van der Waals surface area contributed by atoms with Crippen LogP contribution >= 0.6 is 0 Å². The second kappa shape index (κ2) is 7.25. The number of hydrogen-bond acceptors (Lipinski definition) is 4. The first-order chi connectivity index (χ1) is 12.1. The van der Waals surface area contributed by atoms with Gasteiger partial charge in [0.05, 0.1) is 17.9 Å². The molecule has 134 valence electrons. The maximum Gasteiger partial charge on any atom is 0.340 e. The van der Waals surface area contributed by atoms with Crippen molar-refractivity contribution in [2.24, 2.45) is 5.41 Å². The Labute approximate surface area is 147 Å². The zero-order chi connectivity index (χ0) is 17.9. The van der Waals surface area contributed by atoms with Crippen molar-refractivity contribution in [2.75, 3.05) is 25.0 Å². The molecule has 1 heterocycles. The number of carbonyl (C=O) groups is 3. The fraction of sp³-hybridized carbons (Fsp3) is 0.526. The average molecular weight is 344 g/mol. The van der Waals surface area contributed by atoms with E-state index < -0.39 is 11.4 Å². The molecule has 0 aromatic heterocycles. The molecule has 1 saturated carbocycles. The number of piperidine rings is 1. The Morgan fingerprint density at radius 3 is 2.44 bits per heavy atom. The summed E-state index contributed by atoms with van der Waals surface area (Å²) in [7, 11) is 0. The van der Waals surface area contributed by atoms with Gasteiger partial charge in [0.15, 0.2) is 0 Å². The van der Waals surface area contributed by atoms with Gasteiger partial charge < -0.3 is 15.0 Å². The lowest BCUT2D eigenvalue weighted by atomic mass is 10.0. The molecule has 0 spiro atoms. The van der Waals surface area contributed by atoms with E-state index in [-0.39, 0.29) is 18.4 Å². The number of likely N-dealkylation sites (tertiary alicyclic amines) is 1. The Balaban J connectivity index is 1.74. The molecular formula is C19H24N2O4. The molecule has 6 heteroatoms. The number of amides is 2. The van der Waals surface area contributed by atoms with Crippen molar-refractivity contribution in [1.82, 2.24) is 4.90 Å². The van der Waals surface area contributed by atoms with Gasteiger partial charge in [-0.2, -0.15) is 0 Å². The van der Waals surface area contributed by atoms with Gasteiger partial charge in [-0.25, -0.2) is 4.79 Å². The summed E-state index contributed by atoms with van der Waals surface area (Å²) in [5, 5.41) is 2.79. The summed E-state index contributed by atoms with van der Waals surface area (Å²) >= 11 is 0. The SMILES string of the molecule is CCOC(=O)c1ccccc1NC(=O)C1(C(=O)N2CCCCC2)CC1. The van der Waals surface area contributed by atoms with E-state index in [1.807, 2.05) is 4.90 Å². The van der Waals surface area contributed by atoms with E-state index in [0.29, 0.717) is 24.1 Å². The first kappa shape index (κ1) is 17.5. The first-order valence-corrected chi connectivity index (χ1v) is 8.95. The summed E-state index contributed by atoms with van der Waals surface area (Å²) in [4.78, 5) is 39.5. The number of esters is 1. The third-order valence-electron chi connectivity index (χ3n) is 4.91. The van der Waals surface area contributed by atoms with Crippen molar-refractivity contribution in [1.29, 1.82) is 0 Å². The number of carbonyl (C=O) groups excluding carboxylic acids is 3. The second-order valence-electron chi connectivity index (χ2n) is 6.66. The highest BCUT2D eigenvalue weighted by molar-refractivity contribution is 6.14. The fourth-order valence-corrected chi connectivity index (χ4v) is 3.28. The summed E-state index contributed by atoms with van der Waals surface area (Å²) < 4.78 is 5.03. The standard InChI is InChI=1S/C19H24N2O4/c1-2-25-16(22)14-8-4-5-9-15(14)20-17(23)19(10-11-19)18(24)21-12-6-3-7-13-21/h4-5,8-9H,2-3,6-7,10-13H2,1H3,(H,20,23). The van der Waals surface area contributed by atoms with Crippen LogP contribution in [0.4, 0.5) is 5.69 Å². The Morgan fingerprint density at radius 2 is 1.80 bits per heavy atom. The molecule has 6 nitrogen and oxygen atoms in total. The number of para-hydroxylation sites is 1. The minimum absolute atomic E-state index is 0.0710. The topological polar surface area (TPSA) is 75.7 Å². The predicted molar refractivity (Wildman–Crippen MR) is 93.1 cm³/mol. The van der Waals surface area contributed by atoms with Crippen LogP contribution in [-0.4, -0.2) is 42.4 Å². The lowest BCUT2D eigenvalue weighted by molar-refractivity contribution is -0.143. The number of nitrogens with one attached hydrogen (secondary N) is 1. The van der Waals surface area contributed by atoms with E-state index in [1.165, 1.54) is 0 Å². The number of rotatable bonds is 5. The largest absolute Gasteiger partial charge is 0.462 e. The molecule has 2 fully saturated rings. The average Bonchev–Trinajstić information content (AvgIpc) is 3.44. The van der Waals surface area contributed by atoms with Crippen LogP contribution in [0.25, 0.3) is 0 Å². The van der Waals surface area contributed by atoms with Gasteiger partial charge in [0, 0.05) is 13.1 Å². The Bertz CT molecular complexity index is 676. The molecule has 0 radical (unpaired) electrons. The van der Waals surface area contributed by atoms with Gasteiger partial charge in [0.1, 0.15) is 5.41 Å². The highest BCUT2D eigenvalue weighted by atomic mass is 16.5. The van der Waals surface area contributed by atoms with Gasteiger partial charge in [0.25, 0.3) is 0 Å². The lowest BCUT2D eigenvalue weighted by Crippen LogP contribution is -2.45. The van der Waals surface area contributed by atoms with Crippen LogP contribution in [0.5, 0.6) is 0 Å². The van der Waals surface area contributed by atoms with E-state index in [0.717, 1.165) is 32.4 Å². The molecule has 3 rings (SSSR count). The van der Waals surface area contributed by atoms with Crippen LogP contribution in [0, 0.1) is 5.41 Å². The Hall–Kier alpha value is -2.37. The highest BCUT2D eigenvalue weighted by Gasteiger charge is 2.58. The van der Waals surface area contributed by atoms with Gasteiger partial charge in [-0.15, -0.1) is 0 Å². The quantitative estimate of drug-likeness (QED) is 0.658. The molecule has 1 N–H and O–H groups in total.